The van der Waals surface area contributed by atoms with Crippen molar-refractivity contribution in [2.24, 2.45) is 0 Å². The van der Waals surface area contributed by atoms with E-state index in [2.05, 4.69) is 0 Å². The number of carbonyl (C=O) groups is 2. The smallest absolute Gasteiger partial charge is 0.320 e. The van der Waals surface area contributed by atoms with Crippen molar-refractivity contribution in [2.45, 2.75) is 18.8 Å². The third-order valence-electron chi connectivity index (χ3n) is 3.06. The molecule has 0 unspecified atom stereocenters. The molecule has 0 heterocycles. The number of Topliss-reactive ketones (excluding diaryl/α,β-unsaturated/α-hetero) is 1. The fraction of sp³-hybridized carbons (Fsp3) is 0.385. The van der Waals surface area contributed by atoms with E-state index in [4.69, 9.17) is 9.47 Å². The number of ketones is 1. The monoisotopic (exact) mass is 234 g/mol. The molecule has 4 nitrogen and oxygen atoms in total. The highest BCUT2D eigenvalue weighted by molar-refractivity contribution is 6.06. The first-order valence-corrected chi connectivity index (χ1v) is 5.45. The Morgan fingerprint density at radius 2 is 2.06 bits per heavy atom. The summed E-state index contributed by atoms with van der Waals surface area (Å²) in [5.74, 6) is -0.875. The molecule has 0 fully saturated rings. The van der Waals surface area contributed by atoms with E-state index in [9.17, 15) is 9.59 Å². The third kappa shape index (κ3) is 1.90. The molecule has 0 radical (unpaired) electrons. The molecule has 4 heteroatoms. The van der Waals surface area contributed by atoms with Gasteiger partial charge in [-0.15, -0.1) is 0 Å². The minimum Gasteiger partial charge on any atom is -0.496 e. The Hall–Kier alpha value is -1.84. The summed E-state index contributed by atoms with van der Waals surface area (Å²) < 4.78 is 9.93. The Labute approximate surface area is 99.5 Å². The number of hydrogen-bond donors (Lipinski definition) is 0. The van der Waals surface area contributed by atoms with Gasteiger partial charge in [-0.2, -0.15) is 0 Å². The fourth-order valence-electron chi connectivity index (χ4n) is 2.24. The number of benzene rings is 1. The number of rotatable bonds is 2. The first kappa shape index (κ1) is 11.6. The van der Waals surface area contributed by atoms with Crippen molar-refractivity contribution in [3.8, 4) is 5.75 Å². The highest BCUT2D eigenvalue weighted by Gasteiger charge is 2.36. The standard InChI is InChI=1S/C13H14O4/c1-16-10-5-3-4-8-6-7-9(14)12(11(8)10)13(15)17-2/h3-5,12H,6-7H2,1-2H3/t12-/m1/s1. The number of ether oxygens (including phenoxy) is 2. The van der Waals surface area contributed by atoms with Gasteiger partial charge in [-0.25, -0.2) is 0 Å². The molecule has 17 heavy (non-hydrogen) atoms. The van der Waals surface area contributed by atoms with Gasteiger partial charge in [0, 0.05) is 12.0 Å². The molecule has 0 N–H and O–H groups in total. The van der Waals surface area contributed by atoms with Crippen LogP contribution >= 0.6 is 0 Å². The van der Waals surface area contributed by atoms with Gasteiger partial charge in [-0.3, -0.25) is 9.59 Å². The van der Waals surface area contributed by atoms with E-state index in [0.717, 1.165) is 5.56 Å². The van der Waals surface area contributed by atoms with Crippen molar-refractivity contribution in [3.05, 3.63) is 29.3 Å². The van der Waals surface area contributed by atoms with Gasteiger partial charge in [0.1, 0.15) is 11.7 Å². The second-order valence-corrected chi connectivity index (χ2v) is 3.96. The van der Waals surface area contributed by atoms with Crippen LogP contribution in [0.5, 0.6) is 5.75 Å². The number of fused-ring (bicyclic) bond motifs is 1. The first-order chi connectivity index (χ1) is 8.19. The van der Waals surface area contributed by atoms with Gasteiger partial charge in [0.25, 0.3) is 0 Å². The van der Waals surface area contributed by atoms with E-state index >= 15 is 0 Å². The Morgan fingerprint density at radius 1 is 1.29 bits per heavy atom. The predicted molar refractivity (Wildman–Crippen MR) is 61.1 cm³/mol. The molecule has 90 valence electrons. The van der Waals surface area contributed by atoms with E-state index < -0.39 is 11.9 Å². The molecule has 0 bridgehead atoms. The lowest BCUT2D eigenvalue weighted by atomic mass is 9.81. The van der Waals surface area contributed by atoms with Crippen molar-refractivity contribution in [1.82, 2.24) is 0 Å². The molecule has 1 aliphatic carbocycles. The normalized spacial score (nSPS) is 18.5. The van der Waals surface area contributed by atoms with Crippen molar-refractivity contribution >= 4 is 11.8 Å². The van der Waals surface area contributed by atoms with Crippen LogP contribution in [0.1, 0.15) is 23.5 Å². The Kier molecular flexibility index (Phi) is 3.13. The zero-order chi connectivity index (χ0) is 12.4. The van der Waals surface area contributed by atoms with Crippen molar-refractivity contribution in [1.29, 1.82) is 0 Å². The highest BCUT2D eigenvalue weighted by atomic mass is 16.5. The third-order valence-corrected chi connectivity index (χ3v) is 3.06. The summed E-state index contributed by atoms with van der Waals surface area (Å²) in [5, 5.41) is 0. The van der Waals surface area contributed by atoms with Crippen LogP contribution in [0, 0.1) is 0 Å². The quantitative estimate of drug-likeness (QED) is 0.574. The number of aryl methyl sites for hydroxylation is 1. The van der Waals surface area contributed by atoms with Gasteiger partial charge in [-0.1, -0.05) is 12.1 Å². The minimum absolute atomic E-state index is 0.103. The van der Waals surface area contributed by atoms with Crippen molar-refractivity contribution in [2.75, 3.05) is 14.2 Å². The van der Waals surface area contributed by atoms with Crippen LogP contribution in [0.2, 0.25) is 0 Å². The first-order valence-electron chi connectivity index (χ1n) is 5.45. The summed E-state index contributed by atoms with van der Waals surface area (Å²) in [6, 6.07) is 5.54. The van der Waals surface area contributed by atoms with Crippen LogP contribution in [0.3, 0.4) is 0 Å². The molecule has 0 amide bonds. The second kappa shape index (κ2) is 4.57. The maximum atomic E-state index is 11.9. The molecule has 0 aromatic heterocycles. The molecule has 0 saturated carbocycles. The minimum atomic E-state index is -0.833. The number of methoxy groups -OCH3 is 2. The molecule has 1 aromatic rings. The van der Waals surface area contributed by atoms with Crippen LogP contribution in [0.25, 0.3) is 0 Å². The average molecular weight is 234 g/mol. The van der Waals surface area contributed by atoms with Gasteiger partial charge in [0.05, 0.1) is 14.2 Å². The van der Waals surface area contributed by atoms with Crippen molar-refractivity contribution in [3.63, 3.8) is 0 Å². The molecule has 0 aliphatic heterocycles. The van der Waals surface area contributed by atoms with Gasteiger partial charge >= 0.3 is 5.97 Å². The number of carbonyl (C=O) groups excluding carboxylic acids is 2. The van der Waals surface area contributed by atoms with Crippen molar-refractivity contribution < 1.29 is 19.1 Å². The molecule has 0 saturated heterocycles. The second-order valence-electron chi connectivity index (χ2n) is 3.96. The summed E-state index contributed by atoms with van der Waals surface area (Å²) in [5.41, 5.74) is 1.65. The number of hydrogen-bond acceptors (Lipinski definition) is 4. The SMILES string of the molecule is COC(=O)[C@@H]1C(=O)CCc2cccc(OC)c21. The van der Waals surface area contributed by atoms with Gasteiger partial charge in [-0.05, 0) is 18.1 Å². The van der Waals surface area contributed by atoms with Gasteiger partial charge in [0.2, 0.25) is 0 Å². The van der Waals surface area contributed by atoms with Crippen LogP contribution in [-0.2, 0) is 20.7 Å². The number of esters is 1. The molecule has 1 atom stereocenters. The summed E-state index contributed by atoms with van der Waals surface area (Å²) in [6.45, 7) is 0. The Morgan fingerprint density at radius 3 is 2.71 bits per heavy atom. The summed E-state index contributed by atoms with van der Waals surface area (Å²) in [6.07, 6.45) is 1.03. The molecular formula is C13H14O4. The van der Waals surface area contributed by atoms with Gasteiger partial charge in [0.15, 0.2) is 5.78 Å². The van der Waals surface area contributed by atoms with Crippen LogP contribution in [0.4, 0.5) is 0 Å². The molecule has 1 aromatic carbocycles. The summed E-state index contributed by atoms with van der Waals surface area (Å²) in [4.78, 5) is 23.6. The molecule has 1 aliphatic rings. The topological polar surface area (TPSA) is 52.6 Å². The summed E-state index contributed by atoms with van der Waals surface area (Å²) >= 11 is 0. The van der Waals surface area contributed by atoms with Crippen LogP contribution in [-0.4, -0.2) is 26.0 Å². The predicted octanol–water partition coefficient (Wildman–Crippen LogP) is 1.47. The fourth-order valence-corrected chi connectivity index (χ4v) is 2.24. The summed E-state index contributed by atoms with van der Waals surface area (Å²) in [7, 11) is 2.82. The molecule has 2 rings (SSSR count). The van der Waals surface area contributed by atoms with E-state index in [0.29, 0.717) is 24.2 Å². The average Bonchev–Trinajstić information content (AvgIpc) is 2.37. The molecular weight excluding hydrogens is 220 g/mol. The van der Waals surface area contributed by atoms with Gasteiger partial charge < -0.3 is 9.47 Å². The zero-order valence-corrected chi connectivity index (χ0v) is 9.86. The largest absolute Gasteiger partial charge is 0.496 e. The van der Waals surface area contributed by atoms with Crippen LogP contribution in [0.15, 0.2) is 18.2 Å². The van der Waals surface area contributed by atoms with E-state index in [1.807, 2.05) is 12.1 Å². The molecule has 0 spiro atoms. The zero-order valence-electron chi connectivity index (χ0n) is 9.86. The maximum absolute atomic E-state index is 11.9. The van der Waals surface area contributed by atoms with E-state index in [-0.39, 0.29) is 5.78 Å². The van der Waals surface area contributed by atoms with E-state index in [1.165, 1.54) is 14.2 Å². The Balaban J connectivity index is 2.56. The highest BCUT2D eigenvalue weighted by Crippen LogP contribution is 2.36. The van der Waals surface area contributed by atoms with E-state index in [1.54, 1.807) is 6.07 Å². The lowest BCUT2D eigenvalue weighted by Crippen LogP contribution is -2.28. The van der Waals surface area contributed by atoms with Crippen LogP contribution < -0.4 is 4.74 Å². The lowest BCUT2D eigenvalue weighted by molar-refractivity contribution is -0.146. The Bertz CT molecular complexity index is 450. The lowest BCUT2D eigenvalue weighted by Gasteiger charge is -2.24. The maximum Gasteiger partial charge on any atom is 0.320 e.